The molecule has 0 aliphatic rings. The van der Waals surface area contributed by atoms with E-state index in [0.29, 0.717) is 0 Å². The number of rotatable bonds is 2. The van der Waals surface area contributed by atoms with Gasteiger partial charge in [-0.1, -0.05) is 13.5 Å². The second-order valence-electron chi connectivity index (χ2n) is 3.75. The molecule has 18 heavy (non-hydrogen) atoms. The minimum atomic E-state index is -0.543. The summed E-state index contributed by atoms with van der Waals surface area (Å²) >= 11 is 0. The molecule has 0 saturated carbocycles. The van der Waals surface area contributed by atoms with Crippen LogP contribution in [0.1, 0.15) is 23.3 Å². The molecule has 1 aromatic carbocycles. The molecule has 0 atom stereocenters. The highest BCUT2D eigenvalue weighted by molar-refractivity contribution is 5.93. The maximum absolute atomic E-state index is 11.5. The first-order chi connectivity index (χ1) is 7.95. The standard InChI is InChI=1S/C12H15NO4.CH4/c1-8-5-6-10(17-12(15)13(2)3)9(7-8)11(14)16-4;/h5-7H,1-4H3;1H4. The van der Waals surface area contributed by atoms with Gasteiger partial charge < -0.3 is 14.4 Å². The minimum Gasteiger partial charge on any atom is -0.465 e. The Hall–Kier alpha value is -2.04. The summed E-state index contributed by atoms with van der Waals surface area (Å²) in [4.78, 5) is 24.2. The molecule has 0 unspecified atom stereocenters. The van der Waals surface area contributed by atoms with Crippen LogP contribution >= 0.6 is 0 Å². The van der Waals surface area contributed by atoms with Crippen LogP contribution in [0.4, 0.5) is 4.79 Å². The second-order valence-corrected chi connectivity index (χ2v) is 3.75. The van der Waals surface area contributed by atoms with Crippen LogP contribution in [-0.4, -0.2) is 38.2 Å². The van der Waals surface area contributed by atoms with Crippen molar-refractivity contribution in [2.24, 2.45) is 0 Å². The fraction of sp³-hybridized carbons (Fsp3) is 0.385. The molecule has 0 fully saturated rings. The van der Waals surface area contributed by atoms with E-state index in [1.807, 2.05) is 6.92 Å². The van der Waals surface area contributed by atoms with Crippen LogP contribution in [0, 0.1) is 6.92 Å². The highest BCUT2D eigenvalue weighted by Crippen LogP contribution is 2.21. The van der Waals surface area contributed by atoms with Crippen molar-refractivity contribution in [1.82, 2.24) is 4.90 Å². The monoisotopic (exact) mass is 253 g/mol. The van der Waals surface area contributed by atoms with E-state index < -0.39 is 12.1 Å². The molecule has 1 rings (SSSR count). The Labute approximate surface area is 107 Å². The third-order valence-corrected chi connectivity index (χ3v) is 2.10. The Morgan fingerprint density at radius 1 is 1.22 bits per heavy atom. The zero-order chi connectivity index (χ0) is 13.0. The number of carbonyl (C=O) groups is 2. The van der Waals surface area contributed by atoms with Gasteiger partial charge in [-0.2, -0.15) is 0 Å². The third kappa shape index (κ3) is 3.76. The summed E-state index contributed by atoms with van der Waals surface area (Å²) < 4.78 is 9.70. The van der Waals surface area contributed by atoms with Crippen molar-refractivity contribution in [3.8, 4) is 5.75 Å². The Balaban J connectivity index is 0.00000289. The highest BCUT2D eigenvalue weighted by Gasteiger charge is 2.16. The lowest BCUT2D eigenvalue weighted by molar-refractivity contribution is 0.0597. The van der Waals surface area contributed by atoms with Crippen molar-refractivity contribution in [3.05, 3.63) is 29.3 Å². The van der Waals surface area contributed by atoms with Crippen molar-refractivity contribution >= 4 is 12.1 Å². The van der Waals surface area contributed by atoms with E-state index >= 15 is 0 Å². The Bertz CT molecular complexity index is 441. The van der Waals surface area contributed by atoms with Crippen LogP contribution in [0.15, 0.2) is 18.2 Å². The Kier molecular flexibility index (Phi) is 5.88. The van der Waals surface area contributed by atoms with Crippen molar-refractivity contribution in [1.29, 1.82) is 0 Å². The molecule has 0 aliphatic heterocycles. The van der Waals surface area contributed by atoms with Gasteiger partial charge in [0, 0.05) is 14.1 Å². The van der Waals surface area contributed by atoms with Crippen molar-refractivity contribution in [3.63, 3.8) is 0 Å². The molecule has 0 heterocycles. The first-order valence-electron chi connectivity index (χ1n) is 5.03. The minimum absolute atomic E-state index is 0. The summed E-state index contributed by atoms with van der Waals surface area (Å²) in [5.74, 6) is -0.337. The lowest BCUT2D eigenvalue weighted by atomic mass is 10.1. The summed E-state index contributed by atoms with van der Waals surface area (Å²) in [6, 6.07) is 4.94. The number of hydrogen-bond acceptors (Lipinski definition) is 4. The van der Waals surface area contributed by atoms with Crippen molar-refractivity contribution < 1.29 is 19.1 Å². The highest BCUT2D eigenvalue weighted by atomic mass is 16.6. The number of benzene rings is 1. The topological polar surface area (TPSA) is 55.8 Å². The van der Waals surface area contributed by atoms with E-state index in [2.05, 4.69) is 4.74 Å². The summed E-state index contributed by atoms with van der Waals surface area (Å²) in [6.07, 6.45) is -0.543. The average Bonchev–Trinajstić information content (AvgIpc) is 2.30. The zero-order valence-electron chi connectivity index (χ0n) is 10.3. The molecule has 0 aromatic heterocycles. The summed E-state index contributed by atoms with van der Waals surface area (Å²) in [5.41, 5.74) is 1.12. The number of nitrogens with zero attached hydrogens (tertiary/aromatic N) is 1. The first kappa shape index (κ1) is 16.0. The zero-order valence-corrected chi connectivity index (χ0v) is 10.3. The van der Waals surface area contributed by atoms with E-state index in [1.54, 1.807) is 32.3 Å². The SMILES string of the molecule is C.COC(=O)c1cc(C)ccc1OC(=O)N(C)C. The van der Waals surface area contributed by atoms with Gasteiger partial charge in [-0.3, -0.25) is 0 Å². The van der Waals surface area contributed by atoms with Gasteiger partial charge in [-0.15, -0.1) is 0 Å². The predicted molar refractivity (Wildman–Crippen MR) is 69.0 cm³/mol. The molecular formula is C13H19NO4. The molecule has 0 aliphatic carbocycles. The Morgan fingerprint density at radius 2 is 1.83 bits per heavy atom. The number of carbonyl (C=O) groups excluding carboxylic acids is 2. The molecule has 5 heteroatoms. The number of amides is 1. The van der Waals surface area contributed by atoms with E-state index in [0.717, 1.165) is 5.56 Å². The van der Waals surface area contributed by atoms with E-state index in [9.17, 15) is 9.59 Å². The molecular weight excluding hydrogens is 234 g/mol. The van der Waals surface area contributed by atoms with Crippen LogP contribution in [0.3, 0.4) is 0 Å². The van der Waals surface area contributed by atoms with E-state index in [4.69, 9.17) is 4.74 Å². The lowest BCUT2D eigenvalue weighted by Crippen LogP contribution is -2.26. The quantitative estimate of drug-likeness (QED) is 0.760. The molecule has 5 nitrogen and oxygen atoms in total. The first-order valence-corrected chi connectivity index (χ1v) is 5.03. The molecule has 1 amide bonds. The van der Waals surface area contributed by atoms with Gasteiger partial charge in [0.1, 0.15) is 11.3 Å². The van der Waals surface area contributed by atoms with Gasteiger partial charge in [0.05, 0.1) is 7.11 Å². The Morgan fingerprint density at radius 3 is 2.33 bits per heavy atom. The third-order valence-electron chi connectivity index (χ3n) is 2.10. The number of esters is 1. The number of methoxy groups -OCH3 is 1. The summed E-state index contributed by atoms with van der Waals surface area (Å²) in [5, 5.41) is 0. The van der Waals surface area contributed by atoms with Gasteiger partial charge in [-0.05, 0) is 24.6 Å². The summed E-state index contributed by atoms with van der Waals surface area (Å²) in [7, 11) is 4.41. The smallest absolute Gasteiger partial charge is 0.414 e. The van der Waals surface area contributed by atoms with E-state index in [-0.39, 0.29) is 18.7 Å². The normalized spacial score (nSPS) is 9.11. The molecule has 0 N–H and O–H groups in total. The largest absolute Gasteiger partial charge is 0.465 e. The maximum atomic E-state index is 11.5. The van der Waals surface area contributed by atoms with E-state index in [1.165, 1.54) is 12.0 Å². The predicted octanol–water partition coefficient (Wildman–Crippen LogP) is 2.48. The number of aryl methyl sites for hydroxylation is 1. The number of ether oxygens (including phenoxy) is 2. The second kappa shape index (κ2) is 6.64. The maximum Gasteiger partial charge on any atom is 0.414 e. The fourth-order valence-electron chi connectivity index (χ4n) is 1.19. The molecule has 0 spiro atoms. The molecule has 100 valence electrons. The van der Waals surface area contributed by atoms with Crippen LogP contribution in [0.25, 0.3) is 0 Å². The summed E-state index contributed by atoms with van der Waals surface area (Å²) in [6.45, 7) is 1.84. The lowest BCUT2D eigenvalue weighted by Gasteiger charge is -2.13. The molecule has 0 bridgehead atoms. The number of hydrogen-bond donors (Lipinski definition) is 0. The van der Waals surface area contributed by atoms with Crippen molar-refractivity contribution in [2.45, 2.75) is 14.4 Å². The fourth-order valence-corrected chi connectivity index (χ4v) is 1.19. The van der Waals surface area contributed by atoms with Crippen molar-refractivity contribution in [2.75, 3.05) is 21.2 Å². The van der Waals surface area contributed by atoms with Gasteiger partial charge in [-0.25, -0.2) is 9.59 Å². The average molecular weight is 253 g/mol. The van der Waals surface area contributed by atoms with Gasteiger partial charge >= 0.3 is 12.1 Å². The molecule has 1 aromatic rings. The molecule has 0 radical (unpaired) electrons. The van der Waals surface area contributed by atoms with Crippen LogP contribution in [-0.2, 0) is 4.74 Å². The van der Waals surface area contributed by atoms with Gasteiger partial charge in [0.25, 0.3) is 0 Å². The van der Waals surface area contributed by atoms with Crippen LogP contribution < -0.4 is 4.74 Å². The van der Waals surface area contributed by atoms with Crippen LogP contribution in [0.2, 0.25) is 0 Å². The van der Waals surface area contributed by atoms with Crippen LogP contribution in [0.5, 0.6) is 5.75 Å². The molecule has 0 saturated heterocycles. The van der Waals surface area contributed by atoms with Gasteiger partial charge in [0.15, 0.2) is 0 Å². The van der Waals surface area contributed by atoms with Gasteiger partial charge in [0.2, 0.25) is 0 Å².